The number of ether oxygens (including phenoxy) is 2. The molecule has 3 aromatic carbocycles. The second kappa shape index (κ2) is 12.7. The SMILES string of the molecule is C[C@H](Nc1nccc(-n2cnc3cc(NCC4CN(C(=O)OCc5ccccc5)CCO4)ccc32)n1)c1ccccc1. The number of aromatic nitrogens is 4. The summed E-state index contributed by atoms with van der Waals surface area (Å²) in [6, 6.07) is 27.8. The average molecular weight is 564 g/mol. The Morgan fingerprint density at radius 2 is 1.86 bits per heavy atom. The molecular weight excluding hydrogens is 530 g/mol. The van der Waals surface area contributed by atoms with Gasteiger partial charge in [0.2, 0.25) is 5.95 Å². The van der Waals surface area contributed by atoms with Gasteiger partial charge in [0.15, 0.2) is 0 Å². The second-order valence-corrected chi connectivity index (χ2v) is 10.2. The molecule has 0 saturated carbocycles. The molecule has 2 N–H and O–H groups in total. The zero-order chi connectivity index (χ0) is 28.7. The van der Waals surface area contributed by atoms with E-state index in [0.29, 0.717) is 32.2 Å². The van der Waals surface area contributed by atoms with Gasteiger partial charge in [0.1, 0.15) is 18.8 Å². The number of benzene rings is 3. The first-order valence-electron chi connectivity index (χ1n) is 14.1. The van der Waals surface area contributed by atoms with Gasteiger partial charge in [0.05, 0.1) is 36.3 Å². The lowest BCUT2D eigenvalue weighted by molar-refractivity contribution is -0.0217. The van der Waals surface area contributed by atoms with Crippen LogP contribution in [-0.2, 0) is 16.1 Å². The van der Waals surface area contributed by atoms with Crippen LogP contribution in [0.15, 0.2) is 97.5 Å². The maximum atomic E-state index is 12.6. The first-order valence-corrected chi connectivity index (χ1v) is 14.1. The van der Waals surface area contributed by atoms with Crippen LogP contribution in [-0.4, -0.2) is 62.9 Å². The van der Waals surface area contributed by atoms with Gasteiger partial charge in [-0.3, -0.25) is 4.57 Å². The molecule has 42 heavy (non-hydrogen) atoms. The van der Waals surface area contributed by atoms with Crippen LogP contribution in [0, 0.1) is 0 Å². The van der Waals surface area contributed by atoms with E-state index in [1.165, 1.54) is 0 Å². The summed E-state index contributed by atoms with van der Waals surface area (Å²) in [6.45, 7) is 4.33. The van der Waals surface area contributed by atoms with E-state index < -0.39 is 0 Å². The summed E-state index contributed by atoms with van der Waals surface area (Å²) in [5, 5.41) is 6.81. The lowest BCUT2D eigenvalue weighted by atomic mass is 10.1. The first-order chi connectivity index (χ1) is 20.6. The molecule has 3 heterocycles. The van der Waals surface area contributed by atoms with Gasteiger partial charge in [-0.05, 0) is 42.3 Å². The molecule has 1 aliphatic heterocycles. The minimum atomic E-state index is -0.322. The molecule has 10 heteroatoms. The van der Waals surface area contributed by atoms with E-state index in [-0.39, 0.29) is 24.8 Å². The van der Waals surface area contributed by atoms with Crippen molar-refractivity contribution in [1.82, 2.24) is 24.4 Å². The summed E-state index contributed by atoms with van der Waals surface area (Å²) in [7, 11) is 0. The fourth-order valence-corrected chi connectivity index (χ4v) is 4.93. The van der Waals surface area contributed by atoms with Crippen molar-refractivity contribution in [3.05, 3.63) is 109 Å². The Bertz CT molecular complexity index is 1630. The second-order valence-electron chi connectivity index (χ2n) is 10.2. The van der Waals surface area contributed by atoms with Crippen molar-refractivity contribution in [2.75, 3.05) is 36.9 Å². The molecule has 1 unspecified atom stereocenters. The van der Waals surface area contributed by atoms with E-state index in [0.717, 1.165) is 33.7 Å². The molecule has 2 aromatic heterocycles. The zero-order valence-electron chi connectivity index (χ0n) is 23.4. The highest BCUT2D eigenvalue weighted by atomic mass is 16.6. The number of anilines is 2. The third-order valence-electron chi connectivity index (χ3n) is 7.22. The van der Waals surface area contributed by atoms with Crippen molar-refractivity contribution >= 4 is 28.8 Å². The van der Waals surface area contributed by atoms with Gasteiger partial charge in [-0.15, -0.1) is 0 Å². The number of imidazole rings is 1. The Morgan fingerprint density at radius 3 is 2.69 bits per heavy atom. The zero-order valence-corrected chi connectivity index (χ0v) is 23.4. The molecule has 0 bridgehead atoms. The number of nitrogens with zero attached hydrogens (tertiary/aromatic N) is 5. The molecular formula is C32H33N7O3. The van der Waals surface area contributed by atoms with Gasteiger partial charge in [0.25, 0.3) is 0 Å². The molecule has 1 amide bonds. The summed E-state index contributed by atoms with van der Waals surface area (Å²) in [6.07, 6.45) is 3.04. The Balaban J connectivity index is 1.06. The highest BCUT2D eigenvalue weighted by molar-refractivity contribution is 5.81. The van der Waals surface area contributed by atoms with Crippen LogP contribution in [0.4, 0.5) is 16.4 Å². The fourth-order valence-electron chi connectivity index (χ4n) is 4.93. The Hall–Kier alpha value is -4.96. The Morgan fingerprint density at radius 1 is 1.05 bits per heavy atom. The number of amides is 1. The molecule has 0 spiro atoms. The number of carbonyl (C=O) groups is 1. The Labute approximate surface area is 244 Å². The van der Waals surface area contributed by atoms with E-state index >= 15 is 0 Å². The molecule has 10 nitrogen and oxygen atoms in total. The van der Waals surface area contributed by atoms with Gasteiger partial charge in [-0.2, -0.15) is 4.98 Å². The average Bonchev–Trinajstić information content (AvgIpc) is 3.47. The molecule has 2 atom stereocenters. The maximum Gasteiger partial charge on any atom is 0.410 e. The normalized spacial score (nSPS) is 15.7. The smallest absolute Gasteiger partial charge is 0.410 e. The number of carbonyl (C=O) groups excluding carboxylic acids is 1. The lowest BCUT2D eigenvalue weighted by Crippen LogP contribution is -2.48. The predicted molar refractivity (Wildman–Crippen MR) is 162 cm³/mol. The van der Waals surface area contributed by atoms with Crippen LogP contribution in [0.5, 0.6) is 0 Å². The van der Waals surface area contributed by atoms with E-state index in [4.69, 9.17) is 14.5 Å². The number of rotatable bonds is 9. The molecule has 214 valence electrons. The molecule has 5 aromatic rings. The van der Waals surface area contributed by atoms with E-state index in [1.807, 2.05) is 77.4 Å². The molecule has 0 aliphatic carbocycles. The topological polar surface area (TPSA) is 106 Å². The van der Waals surface area contributed by atoms with Crippen molar-refractivity contribution < 1.29 is 14.3 Å². The van der Waals surface area contributed by atoms with Crippen LogP contribution in [0.2, 0.25) is 0 Å². The van der Waals surface area contributed by atoms with Gasteiger partial charge in [-0.1, -0.05) is 60.7 Å². The van der Waals surface area contributed by atoms with Crippen molar-refractivity contribution in [2.24, 2.45) is 0 Å². The van der Waals surface area contributed by atoms with Crippen LogP contribution >= 0.6 is 0 Å². The van der Waals surface area contributed by atoms with Crippen molar-refractivity contribution in [3.63, 3.8) is 0 Å². The Kier molecular flexibility index (Phi) is 8.23. The summed E-state index contributed by atoms with van der Waals surface area (Å²) in [5.41, 5.74) is 4.81. The van der Waals surface area contributed by atoms with Gasteiger partial charge >= 0.3 is 6.09 Å². The largest absolute Gasteiger partial charge is 0.445 e. The first kappa shape index (κ1) is 27.2. The van der Waals surface area contributed by atoms with Gasteiger partial charge in [-0.25, -0.2) is 14.8 Å². The number of fused-ring (bicyclic) bond motifs is 1. The van der Waals surface area contributed by atoms with Crippen LogP contribution < -0.4 is 10.6 Å². The fraction of sp³-hybridized carbons (Fsp3) is 0.250. The number of morpholine rings is 1. The highest BCUT2D eigenvalue weighted by Gasteiger charge is 2.25. The quantitative estimate of drug-likeness (QED) is 0.244. The summed E-state index contributed by atoms with van der Waals surface area (Å²) < 4.78 is 13.4. The highest BCUT2D eigenvalue weighted by Crippen LogP contribution is 2.23. The van der Waals surface area contributed by atoms with Crippen LogP contribution in [0.1, 0.15) is 24.1 Å². The summed E-state index contributed by atoms with van der Waals surface area (Å²) in [4.78, 5) is 28.1. The van der Waals surface area contributed by atoms with E-state index in [1.54, 1.807) is 17.4 Å². The van der Waals surface area contributed by atoms with Gasteiger partial charge in [0, 0.05) is 25.0 Å². The van der Waals surface area contributed by atoms with Crippen LogP contribution in [0.25, 0.3) is 16.9 Å². The number of nitrogens with one attached hydrogen (secondary N) is 2. The standard InChI is InChI=1S/C32H33N7O3/c1-23(25-10-6-3-7-11-25)36-31-33-15-14-30(37-31)39-22-35-28-18-26(12-13-29(28)39)34-19-27-20-38(16-17-41-27)32(40)42-21-24-8-4-2-5-9-24/h2-15,18,22-23,27,34H,16-17,19-21H2,1H3,(H,33,36,37)/t23-,27?/m0/s1. The van der Waals surface area contributed by atoms with Crippen LogP contribution in [0.3, 0.4) is 0 Å². The monoisotopic (exact) mass is 563 g/mol. The maximum absolute atomic E-state index is 12.6. The molecule has 1 aliphatic rings. The van der Waals surface area contributed by atoms with Crippen molar-refractivity contribution in [3.8, 4) is 5.82 Å². The van der Waals surface area contributed by atoms with E-state index in [9.17, 15) is 4.79 Å². The molecule has 6 rings (SSSR count). The number of hydrogen-bond acceptors (Lipinski definition) is 8. The third kappa shape index (κ3) is 6.50. The summed E-state index contributed by atoms with van der Waals surface area (Å²) >= 11 is 0. The van der Waals surface area contributed by atoms with Gasteiger partial charge < -0.3 is 25.0 Å². The van der Waals surface area contributed by atoms with Crippen molar-refractivity contribution in [1.29, 1.82) is 0 Å². The number of hydrogen-bond donors (Lipinski definition) is 2. The molecule has 1 saturated heterocycles. The summed E-state index contributed by atoms with van der Waals surface area (Å²) in [5.74, 6) is 1.28. The predicted octanol–water partition coefficient (Wildman–Crippen LogP) is 5.44. The molecule has 0 radical (unpaired) electrons. The molecule has 1 fully saturated rings. The van der Waals surface area contributed by atoms with E-state index in [2.05, 4.69) is 39.7 Å². The minimum absolute atomic E-state index is 0.0646. The lowest BCUT2D eigenvalue weighted by Gasteiger charge is -2.32. The third-order valence-corrected chi connectivity index (χ3v) is 7.22. The minimum Gasteiger partial charge on any atom is -0.445 e. The van der Waals surface area contributed by atoms with Crippen molar-refractivity contribution in [2.45, 2.75) is 25.7 Å².